The van der Waals surface area contributed by atoms with Gasteiger partial charge in [0.2, 0.25) is 21.9 Å². The molecule has 80 heavy (non-hydrogen) atoms. The lowest BCUT2D eigenvalue weighted by Gasteiger charge is -2.33. The van der Waals surface area contributed by atoms with Crippen LogP contribution >= 0.6 is 0 Å². The minimum absolute atomic E-state index is 0.0506. The van der Waals surface area contributed by atoms with Gasteiger partial charge in [0.05, 0.1) is 10.5 Å². The minimum atomic E-state index is -4.41. The van der Waals surface area contributed by atoms with Gasteiger partial charge in [0.1, 0.15) is 16.4 Å². The van der Waals surface area contributed by atoms with Gasteiger partial charge in [-0.25, -0.2) is 4.21 Å². The summed E-state index contributed by atoms with van der Waals surface area (Å²) in [5.74, 6) is -0.385. The molecule has 3 unspecified atom stereocenters. The topological polar surface area (TPSA) is 253 Å². The molecule has 17 nitrogen and oxygen atoms in total. The van der Waals surface area contributed by atoms with Crippen LogP contribution < -0.4 is 27.6 Å². The van der Waals surface area contributed by atoms with Crippen LogP contribution in [-0.4, -0.2) is 27.3 Å². The fourth-order valence-corrected chi connectivity index (χ4v) is 12.1. The maximum Gasteiger partial charge on any atom is 0.417 e. The third-order valence-electron chi connectivity index (χ3n) is 14.1. The van der Waals surface area contributed by atoms with E-state index in [0.717, 1.165) is 27.8 Å². The predicted octanol–water partition coefficient (Wildman–Crippen LogP) is 12.3. The SMILES string of the molecule is C=C1C(=[N+]=[N-])C=Cc2c(OS(=O)Oc3ccc(C(C)(c4ccc(OOS(=O)c5cccc6c([O-])c([N+]#N)ccc56)cc4)c4ccc(C(C)(C)c5ccc(OS(=O)(=O)c6cccc7c([O-])c([N+]#N)ccc67)cc5)cc4)cc3)cccc21. The highest BCUT2D eigenvalue weighted by atomic mass is 32.2. The average molecular weight is 1120 g/mol. The fourth-order valence-electron chi connectivity index (χ4n) is 9.60. The highest BCUT2D eigenvalue weighted by Gasteiger charge is 2.33. The summed E-state index contributed by atoms with van der Waals surface area (Å²) >= 11 is -4.48. The van der Waals surface area contributed by atoms with Crippen molar-refractivity contribution >= 4 is 82.8 Å². The van der Waals surface area contributed by atoms with E-state index >= 15 is 0 Å². The number of hydrogen-bond acceptors (Lipinski definition) is 13. The second-order valence-corrected chi connectivity index (χ2v) is 22.2. The smallest absolute Gasteiger partial charge is 0.417 e. The van der Waals surface area contributed by atoms with Gasteiger partial charge in [0.15, 0.2) is 21.5 Å². The molecule has 0 aromatic heterocycles. The number of fused-ring (bicyclic) bond motifs is 3. The molecule has 0 N–H and O–H groups in total. The maximum atomic E-state index is 13.6. The summed E-state index contributed by atoms with van der Waals surface area (Å²) in [6.07, 6.45) is 3.24. The molecular formula is C60H42N6O11S3. The average Bonchev–Trinajstić information content (AvgIpc) is 3.63. The molecule has 0 spiro atoms. The highest BCUT2D eigenvalue weighted by Crippen LogP contribution is 2.43. The van der Waals surface area contributed by atoms with E-state index in [4.69, 9.17) is 21.8 Å². The Kier molecular flexibility index (Phi) is 14.4. The van der Waals surface area contributed by atoms with Crippen molar-refractivity contribution in [2.45, 2.75) is 41.4 Å². The molecule has 0 bridgehead atoms. The van der Waals surface area contributed by atoms with Crippen LogP contribution in [0.15, 0.2) is 198 Å². The van der Waals surface area contributed by atoms with E-state index in [-0.39, 0.29) is 66.0 Å². The summed E-state index contributed by atoms with van der Waals surface area (Å²) in [6, 6.07) is 48.1. The summed E-state index contributed by atoms with van der Waals surface area (Å²) < 4.78 is 76.4. The summed E-state index contributed by atoms with van der Waals surface area (Å²) in [6.45, 7) is 10.1. The largest absolute Gasteiger partial charge is 0.867 e. The van der Waals surface area contributed by atoms with Crippen molar-refractivity contribution in [3.05, 3.63) is 243 Å². The van der Waals surface area contributed by atoms with Crippen LogP contribution in [0.2, 0.25) is 0 Å². The minimum Gasteiger partial charge on any atom is -0.867 e. The number of rotatable bonds is 16. The highest BCUT2D eigenvalue weighted by molar-refractivity contribution is 7.87. The van der Waals surface area contributed by atoms with Gasteiger partial charge in [-0.1, -0.05) is 122 Å². The van der Waals surface area contributed by atoms with Crippen molar-refractivity contribution in [3.8, 4) is 34.5 Å². The fraction of sp³-hybridized carbons (Fsp3) is 0.0833. The zero-order chi connectivity index (χ0) is 56.5. The lowest BCUT2D eigenvalue weighted by molar-refractivity contribution is -0.265. The van der Waals surface area contributed by atoms with E-state index in [0.29, 0.717) is 22.1 Å². The van der Waals surface area contributed by atoms with Crippen LogP contribution in [0.1, 0.15) is 59.7 Å². The summed E-state index contributed by atoms with van der Waals surface area (Å²) in [5, 5.41) is 44.7. The van der Waals surface area contributed by atoms with E-state index in [1.54, 1.807) is 78.9 Å². The molecule has 0 radical (unpaired) electrons. The van der Waals surface area contributed by atoms with Crippen LogP contribution in [0, 0.1) is 10.8 Å². The van der Waals surface area contributed by atoms with Crippen molar-refractivity contribution in [1.29, 1.82) is 10.8 Å². The Morgan fingerprint density at radius 1 is 0.575 bits per heavy atom. The van der Waals surface area contributed by atoms with Gasteiger partial charge in [-0.2, -0.15) is 17.4 Å². The first kappa shape index (κ1) is 53.6. The molecule has 10 rings (SSSR count). The van der Waals surface area contributed by atoms with E-state index in [2.05, 4.69) is 21.3 Å². The molecule has 0 saturated carbocycles. The second-order valence-electron chi connectivity index (χ2n) is 18.9. The van der Waals surface area contributed by atoms with Crippen LogP contribution in [0.5, 0.6) is 34.5 Å². The Bertz CT molecular complexity index is 4330. The Hall–Kier alpha value is -9.79. The molecule has 9 aromatic rings. The molecule has 0 fully saturated rings. The number of diazo groups is 2. The monoisotopic (exact) mass is 1120 g/mol. The predicted molar refractivity (Wildman–Crippen MR) is 298 cm³/mol. The van der Waals surface area contributed by atoms with Crippen molar-refractivity contribution in [2.24, 2.45) is 0 Å². The normalized spacial score (nSPS) is 13.7. The van der Waals surface area contributed by atoms with Gasteiger partial charge < -0.3 is 33.2 Å². The van der Waals surface area contributed by atoms with Crippen molar-refractivity contribution in [1.82, 2.24) is 0 Å². The van der Waals surface area contributed by atoms with Gasteiger partial charge >= 0.3 is 38.6 Å². The van der Waals surface area contributed by atoms with Gasteiger partial charge in [0.25, 0.3) is 0 Å². The molecule has 0 amide bonds. The molecule has 396 valence electrons. The summed E-state index contributed by atoms with van der Waals surface area (Å²) in [4.78, 5) is 14.8. The Balaban J connectivity index is 0.908. The quantitative estimate of drug-likeness (QED) is 0.0166. The van der Waals surface area contributed by atoms with E-state index < -0.39 is 54.9 Å². The Labute approximate surface area is 463 Å². The van der Waals surface area contributed by atoms with E-state index in [9.17, 15) is 43.4 Å². The van der Waals surface area contributed by atoms with E-state index in [1.165, 1.54) is 60.7 Å². The van der Waals surface area contributed by atoms with Crippen LogP contribution in [0.25, 0.3) is 48.7 Å². The zero-order valence-corrected chi connectivity index (χ0v) is 45.0. The molecule has 3 atom stereocenters. The Morgan fingerprint density at radius 3 is 1.69 bits per heavy atom. The molecule has 1 aliphatic rings. The third kappa shape index (κ3) is 10.0. The van der Waals surface area contributed by atoms with Gasteiger partial charge in [0, 0.05) is 45.4 Å². The first-order chi connectivity index (χ1) is 38.4. The number of nitrogens with zero attached hydrogens (tertiary/aromatic N) is 6. The van der Waals surface area contributed by atoms with Crippen LogP contribution in [-0.2, 0) is 47.7 Å². The van der Waals surface area contributed by atoms with Crippen molar-refractivity contribution < 1.29 is 53.6 Å². The summed E-state index contributed by atoms with van der Waals surface area (Å²) in [7, 11) is -4.41. The maximum absolute atomic E-state index is 13.6. The molecule has 0 aliphatic heterocycles. The second kappa shape index (κ2) is 21.6. The van der Waals surface area contributed by atoms with Gasteiger partial charge in [-0.15, -0.1) is 0 Å². The molecule has 20 heteroatoms. The molecule has 0 saturated heterocycles. The lowest BCUT2D eigenvalue weighted by Crippen LogP contribution is -2.26. The van der Waals surface area contributed by atoms with Gasteiger partial charge in [-0.05, 0) is 135 Å². The number of hydrogen-bond donors (Lipinski definition) is 0. The van der Waals surface area contributed by atoms with Crippen LogP contribution in [0.3, 0.4) is 0 Å². The first-order valence-corrected chi connectivity index (χ1v) is 27.7. The first-order valence-electron chi connectivity index (χ1n) is 24.3. The van der Waals surface area contributed by atoms with Crippen molar-refractivity contribution in [2.75, 3.05) is 0 Å². The van der Waals surface area contributed by atoms with Crippen LogP contribution in [0.4, 0.5) is 11.4 Å². The molecule has 1 aliphatic carbocycles. The number of benzene rings is 9. The Morgan fingerprint density at radius 2 is 1.09 bits per heavy atom. The summed E-state index contributed by atoms with van der Waals surface area (Å²) in [5.41, 5.74) is 13.7. The number of allylic oxidation sites excluding steroid dienone is 2. The lowest BCUT2D eigenvalue weighted by atomic mass is 9.70. The third-order valence-corrected chi connectivity index (χ3v) is 17.0. The zero-order valence-electron chi connectivity index (χ0n) is 42.5. The molecular weight excluding hydrogens is 1080 g/mol. The molecule has 9 aromatic carbocycles. The van der Waals surface area contributed by atoms with Gasteiger partial charge in [-0.3, -0.25) is 0 Å². The van der Waals surface area contributed by atoms with E-state index in [1.807, 2.05) is 69.3 Å². The molecule has 0 heterocycles. The van der Waals surface area contributed by atoms with Crippen molar-refractivity contribution in [3.63, 3.8) is 0 Å². The standard InChI is InChI=1S/C60H42N6O11S3/c1-36-45-8-5-11-54(46(45)30-33-51(36)64-61)75-79(70)74-43-26-22-41(23-27-43)60(4,40-20-24-42(25-21-40)73-77-78(69)55-12-6-9-49-47(55)31-34-52(65-62)57(49)67)39-16-14-37(15-17-39)59(2,3)38-18-28-44(29-19-38)76-80(71,72)56-13-7-10-50-48(56)32-35-53(66-63)58(50)68/h5-35H,1H2,2-4H3.